The van der Waals surface area contributed by atoms with E-state index in [-0.39, 0.29) is 6.61 Å². The molecule has 0 spiro atoms. The van der Waals surface area contributed by atoms with Gasteiger partial charge in [-0.2, -0.15) is 0 Å². The van der Waals surface area contributed by atoms with Crippen LogP contribution in [0, 0.1) is 0 Å². The van der Waals surface area contributed by atoms with Gasteiger partial charge in [0, 0.05) is 0 Å². The summed E-state index contributed by atoms with van der Waals surface area (Å²) in [6, 6.07) is -0.441. The summed E-state index contributed by atoms with van der Waals surface area (Å²) >= 11 is 0. The molecule has 0 heterocycles. The summed E-state index contributed by atoms with van der Waals surface area (Å²) in [6.07, 6.45) is 19.0. The van der Waals surface area contributed by atoms with Crippen LogP contribution in [0.25, 0.3) is 0 Å². The Labute approximate surface area is 143 Å². The Morgan fingerprint density at radius 1 is 0.913 bits per heavy atom. The fraction of sp³-hybridized carbons (Fsp3) is 0.895. The first-order chi connectivity index (χ1) is 11.2. The van der Waals surface area contributed by atoms with Crippen LogP contribution in [-0.4, -0.2) is 31.0 Å². The summed E-state index contributed by atoms with van der Waals surface area (Å²) < 4.78 is 0. The van der Waals surface area contributed by atoms with Gasteiger partial charge >= 0.3 is 0 Å². The number of hydrogen-bond donors (Lipinski definition) is 2. The fourth-order valence-electron chi connectivity index (χ4n) is 2.55. The zero-order valence-electron chi connectivity index (χ0n) is 15.3. The molecular weight excluding hydrogens is 290 g/mol. The van der Waals surface area contributed by atoms with Crippen molar-refractivity contribution in [2.75, 3.05) is 13.7 Å². The van der Waals surface area contributed by atoms with Gasteiger partial charge < -0.3 is 10.8 Å². The molecule has 0 aliphatic rings. The van der Waals surface area contributed by atoms with Crippen molar-refractivity contribution in [1.29, 1.82) is 0 Å². The molecule has 4 nitrogen and oxygen atoms in total. The highest BCUT2D eigenvalue weighted by atomic mass is 17.2. The summed E-state index contributed by atoms with van der Waals surface area (Å²) in [5.74, 6) is 0. The quantitative estimate of drug-likeness (QED) is 0.178. The highest BCUT2D eigenvalue weighted by Gasteiger charge is 2.11. The number of allylic oxidation sites excluding steroid dienone is 1. The number of nitrogens with two attached hydrogens (primary N) is 1. The van der Waals surface area contributed by atoms with Gasteiger partial charge in [-0.05, 0) is 12.8 Å². The highest BCUT2D eigenvalue weighted by Crippen LogP contribution is 2.12. The van der Waals surface area contributed by atoms with Crippen LogP contribution in [0.2, 0.25) is 0 Å². The molecule has 138 valence electrons. The molecule has 0 rings (SSSR count). The minimum atomic E-state index is -0.669. The Bertz CT molecular complexity index is 259. The van der Waals surface area contributed by atoms with Crippen LogP contribution in [0.1, 0.15) is 84.0 Å². The van der Waals surface area contributed by atoms with Gasteiger partial charge in [-0.25, -0.2) is 9.78 Å². The van der Waals surface area contributed by atoms with Crippen molar-refractivity contribution in [3.05, 3.63) is 12.2 Å². The number of aliphatic hydroxyl groups is 1. The first-order valence-corrected chi connectivity index (χ1v) is 9.48. The lowest BCUT2D eigenvalue weighted by atomic mass is 10.0. The van der Waals surface area contributed by atoms with E-state index < -0.39 is 12.1 Å². The lowest BCUT2D eigenvalue weighted by Crippen LogP contribution is -2.37. The third kappa shape index (κ3) is 16.2. The predicted molar refractivity (Wildman–Crippen MR) is 97.2 cm³/mol. The molecule has 0 bridgehead atoms. The van der Waals surface area contributed by atoms with Crippen LogP contribution in [0.5, 0.6) is 0 Å². The third-order valence-electron chi connectivity index (χ3n) is 4.12. The monoisotopic (exact) mass is 329 g/mol. The Morgan fingerprint density at radius 2 is 1.43 bits per heavy atom. The van der Waals surface area contributed by atoms with Gasteiger partial charge in [-0.15, -0.1) is 0 Å². The maximum Gasteiger partial charge on any atom is 0.100 e. The van der Waals surface area contributed by atoms with Gasteiger partial charge in [-0.3, -0.25) is 0 Å². The topological polar surface area (TPSA) is 64.7 Å². The molecule has 0 amide bonds. The van der Waals surface area contributed by atoms with Crippen LogP contribution in [0.4, 0.5) is 0 Å². The first-order valence-electron chi connectivity index (χ1n) is 9.48. The Hall–Kier alpha value is -0.420. The summed E-state index contributed by atoms with van der Waals surface area (Å²) in [7, 11) is 1.43. The standard InChI is InChI=1S/C19H39NO3/c1-3-4-5-6-7-8-9-10-11-12-13-14-15-16-19(21)18(20)17-23-22-2/h15-16,18-19,21H,3-14,17,20H2,1-2H3. The SMILES string of the molecule is CCCCCCCCCCCCCC=CC(O)C(N)COOC. The number of hydrogen-bond acceptors (Lipinski definition) is 4. The molecule has 2 unspecified atom stereocenters. The average molecular weight is 330 g/mol. The molecule has 0 aromatic heterocycles. The molecule has 0 saturated carbocycles. The van der Waals surface area contributed by atoms with Crippen molar-refractivity contribution in [2.24, 2.45) is 5.73 Å². The number of unbranched alkanes of at least 4 members (excludes halogenated alkanes) is 11. The minimum Gasteiger partial charge on any atom is -0.387 e. The second kappa shape index (κ2) is 17.9. The van der Waals surface area contributed by atoms with Crippen LogP contribution in [0.15, 0.2) is 12.2 Å². The van der Waals surface area contributed by atoms with E-state index in [0.29, 0.717) is 0 Å². The zero-order valence-corrected chi connectivity index (χ0v) is 15.3. The number of rotatable bonds is 17. The smallest absolute Gasteiger partial charge is 0.100 e. The molecule has 0 aromatic carbocycles. The Morgan fingerprint density at radius 3 is 1.96 bits per heavy atom. The third-order valence-corrected chi connectivity index (χ3v) is 4.12. The summed E-state index contributed by atoms with van der Waals surface area (Å²) in [5.41, 5.74) is 5.74. The van der Waals surface area contributed by atoms with E-state index >= 15 is 0 Å². The minimum absolute atomic E-state index is 0.195. The van der Waals surface area contributed by atoms with E-state index in [9.17, 15) is 5.11 Å². The zero-order chi connectivity index (χ0) is 17.2. The van der Waals surface area contributed by atoms with Gasteiger partial charge in [0.2, 0.25) is 0 Å². The summed E-state index contributed by atoms with van der Waals surface area (Å²) in [5, 5.41) is 9.77. The molecule has 0 fully saturated rings. The average Bonchev–Trinajstić information content (AvgIpc) is 2.56. The van der Waals surface area contributed by atoms with Crippen molar-refractivity contribution in [3.63, 3.8) is 0 Å². The van der Waals surface area contributed by atoms with Crippen molar-refractivity contribution >= 4 is 0 Å². The molecule has 23 heavy (non-hydrogen) atoms. The van der Waals surface area contributed by atoms with E-state index in [2.05, 4.69) is 11.8 Å². The fourth-order valence-corrected chi connectivity index (χ4v) is 2.55. The highest BCUT2D eigenvalue weighted by molar-refractivity contribution is 4.93. The van der Waals surface area contributed by atoms with Crippen molar-refractivity contribution < 1.29 is 14.9 Å². The number of aliphatic hydroxyl groups excluding tert-OH is 1. The molecule has 4 heteroatoms. The lowest BCUT2D eigenvalue weighted by Gasteiger charge is -2.14. The van der Waals surface area contributed by atoms with Gasteiger partial charge in [0.25, 0.3) is 0 Å². The van der Waals surface area contributed by atoms with Crippen molar-refractivity contribution in [2.45, 2.75) is 96.1 Å². The van der Waals surface area contributed by atoms with E-state index in [0.717, 1.165) is 6.42 Å². The molecule has 0 aliphatic carbocycles. The molecule has 0 radical (unpaired) electrons. The Balaban J connectivity index is 3.30. The van der Waals surface area contributed by atoms with Crippen molar-refractivity contribution in [1.82, 2.24) is 0 Å². The van der Waals surface area contributed by atoms with E-state index in [1.807, 2.05) is 6.08 Å². The Kier molecular flexibility index (Phi) is 17.6. The van der Waals surface area contributed by atoms with Gasteiger partial charge in [-0.1, -0.05) is 83.3 Å². The molecule has 0 aliphatic heterocycles. The normalized spacial score (nSPS) is 14.4. The van der Waals surface area contributed by atoms with Crippen LogP contribution in [0.3, 0.4) is 0 Å². The first kappa shape index (κ1) is 22.6. The van der Waals surface area contributed by atoms with Crippen molar-refractivity contribution in [3.8, 4) is 0 Å². The van der Waals surface area contributed by atoms with E-state index in [4.69, 9.17) is 10.6 Å². The van der Waals surface area contributed by atoms with Crippen LogP contribution >= 0.6 is 0 Å². The molecule has 3 N–H and O–H groups in total. The maximum absolute atomic E-state index is 9.77. The van der Waals surface area contributed by atoms with Crippen LogP contribution < -0.4 is 5.73 Å². The molecule has 0 saturated heterocycles. The second-order valence-electron chi connectivity index (χ2n) is 6.36. The van der Waals surface area contributed by atoms with Gasteiger partial charge in [0.15, 0.2) is 0 Å². The molecule has 2 atom stereocenters. The van der Waals surface area contributed by atoms with E-state index in [1.54, 1.807) is 6.08 Å². The van der Waals surface area contributed by atoms with Crippen LogP contribution in [-0.2, 0) is 9.78 Å². The largest absolute Gasteiger partial charge is 0.387 e. The van der Waals surface area contributed by atoms with E-state index in [1.165, 1.54) is 77.7 Å². The second-order valence-corrected chi connectivity index (χ2v) is 6.36. The van der Waals surface area contributed by atoms with Gasteiger partial charge in [0.1, 0.15) is 6.61 Å². The van der Waals surface area contributed by atoms with Gasteiger partial charge in [0.05, 0.1) is 19.3 Å². The summed E-state index contributed by atoms with van der Waals surface area (Å²) in [4.78, 5) is 9.19. The maximum atomic E-state index is 9.77. The molecule has 0 aromatic rings. The predicted octanol–water partition coefficient (Wildman–Crippen LogP) is 4.51. The lowest BCUT2D eigenvalue weighted by molar-refractivity contribution is -0.276. The molecular formula is C19H39NO3. The summed E-state index contributed by atoms with van der Waals surface area (Å²) in [6.45, 7) is 2.46.